The van der Waals surface area contributed by atoms with E-state index in [2.05, 4.69) is 15.3 Å². The lowest BCUT2D eigenvalue weighted by Crippen LogP contribution is -2.18. The topological polar surface area (TPSA) is 93.3 Å². The molecule has 0 aliphatic carbocycles. The molecule has 0 bridgehead atoms. The van der Waals surface area contributed by atoms with Crippen molar-refractivity contribution >= 4 is 11.6 Å². The van der Waals surface area contributed by atoms with Crippen molar-refractivity contribution in [3.05, 3.63) is 11.9 Å². The minimum absolute atomic E-state index is 0.134. The first kappa shape index (κ1) is 13.7. The van der Waals surface area contributed by atoms with Crippen molar-refractivity contribution in [3.8, 4) is 0 Å². The number of aromatic nitrogens is 2. The average Bonchev–Trinajstić information content (AvgIpc) is 2.25. The minimum Gasteiger partial charge on any atom is -0.396 e. The number of anilines is 2. The molecule has 0 saturated heterocycles. The summed E-state index contributed by atoms with van der Waals surface area (Å²) in [6.07, 6.45) is 0.657. The van der Waals surface area contributed by atoms with E-state index in [0.29, 0.717) is 37.1 Å². The van der Waals surface area contributed by atoms with Gasteiger partial charge in [-0.25, -0.2) is 9.97 Å². The van der Waals surface area contributed by atoms with Gasteiger partial charge in [0.05, 0.1) is 0 Å². The van der Waals surface area contributed by atoms with E-state index in [-0.39, 0.29) is 12.6 Å². The number of hydrogen-bond acceptors (Lipinski definition) is 6. The van der Waals surface area contributed by atoms with E-state index >= 15 is 0 Å². The monoisotopic (exact) mass is 240 g/mol. The molecule has 0 amide bonds. The molecule has 0 aromatic carbocycles. The number of nitrogens with two attached hydrogens (primary N) is 1. The summed E-state index contributed by atoms with van der Waals surface area (Å²) in [5, 5.41) is 12.0. The molecule has 0 radical (unpaired) electrons. The van der Waals surface area contributed by atoms with Crippen LogP contribution in [0.15, 0.2) is 6.07 Å². The molecule has 0 spiro atoms. The van der Waals surface area contributed by atoms with Gasteiger partial charge in [0.2, 0.25) is 0 Å². The van der Waals surface area contributed by atoms with E-state index in [1.165, 1.54) is 0 Å². The molecule has 4 N–H and O–H groups in total. The number of rotatable bonds is 7. The Morgan fingerprint density at radius 3 is 2.94 bits per heavy atom. The Labute approximate surface area is 101 Å². The van der Waals surface area contributed by atoms with E-state index in [9.17, 15) is 0 Å². The third kappa shape index (κ3) is 4.97. The summed E-state index contributed by atoms with van der Waals surface area (Å²) >= 11 is 0. The van der Waals surface area contributed by atoms with E-state index in [1.54, 1.807) is 6.07 Å². The van der Waals surface area contributed by atoms with Crippen molar-refractivity contribution in [2.75, 3.05) is 24.3 Å². The predicted octanol–water partition coefficient (Wildman–Crippen LogP) is 0.778. The molecule has 1 unspecified atom stereocenters. The first-order chi connectivity index (χ1) is 8.15. The lowest BCUT2D eigenvalue weighted by molar-refractivity contribution is 0.128. The van der Waals surface area contributed by atoms with Gasteiger partial charge in [0.25, 0.3) is 0 Å². The van der Waals surface area contributed by atoms with Crippen molar-refractivity contribution in [1.29, 1.82) is 0 Å². The summed E-state index contributed by atoms with van der Waals surface area (Å²) in [4.78, 5) is 8.36. The number of hydrogen-bond donors (Lipinski definition) is 3. The summed E-state index contributed by atoms with van der Waals surface area (Å²) in [6.45, 7) is 4.98. The molecule has 96 valence electrons. The smallest absolute Gasteiger partial charge is 0.158 e. The SMILES string of the molecule is CCOCc1nc(N)cc(NC(C)CCO)n1. The number of aliphatic hydroxyl groups is 1. The predicted molar refractivity (Wildman–Crippen MR) is 66.6 cm³/mol. The Hall–Kier alpha value is -1.40. The van der Waals surface area contributed by atoms with Gasteiger partial charge in [0, 0.05) is 25.3 Å². The van der Waals surface area contributed by atoms with Gasteiger partial charge in [-0.15, -0.1) is 0 Å². The second kappa shape index (κ2) is 7.03. The largest absolute Gasteiger partial charge is 0.396 e. The van der Waals surface area contributed by atoms with Crippen LogP contribution in [0.3, 0.4) is 0 Å². The third-order valence-electron chi connectivity index (χ3n) is 2.18. The lowest BCUT2D eigenvalue weighted by Gasteiger charge is -2.14. The van der Waals surface area contributed by atoms with Crippen LogP contribution in [0.5, 0.6) is 0 Å². The van der Waals surface area contributed by atoms with E-state index in [1.807, 2.05) is 13.8 Å². The standard InChI is InChI=1S/C11H20N4O2/c1-3-17-7-11-14-9(12)6-10(15-11)13-8(2)4-5-16/h6,8,16H,3-5,7H2,1-2H3,(H3,12,13,14,15). The van der Waals surface area contributed by atoms with Crippen LogP contribution in [0.2, 0.25) is 0 Å². The van der Waals surface area contributed by atoms with E-state index in [0.717, 1.165) is 0 Å². The molecule has 1 atom stereocenters. The molecule has 1 aromatic heterocycles. The Kier molecular flexibility index (Phi) is 5.65. The third-order valence-corrected chi connectivity index (χ3v) is 2.18. The summed E-state index contributed by atoms with van der Waals surface area (Å²) in [5.74, 6) is 1.63. The van der Waals surface area contributed by atoms with Crippen LogP contribution >= 0.6 is 0 Å². The van der Waals surface area contributed by atoms with Crippen LogP contribution in [0.1, 0.15) is 26.1 Å². The number of nitrogens with zero attached hydrogens (tertiary/aromatic N) is 2. The normalized spacial score (nSPS) is 12.4. The summed E-state index contributed by atoms with van der Waals surface area (Å²) in [6, 6.07) is 1.80. The fourth-order valence-electron chi connectivity index (χ4n) is 1.37. The first-order valence-electron chi connectivity index (χ1n) is 5.74. The maximum absolute atomic E-state index is 8.82. The molecular formula is C11H20N4O2. The molecule has 1 rings (SSSR count). The van der Waals surface area contributed by atoms with Gasteiger partial charge >= 0.3 is 0 Å². The molecular weight excluding hydrogens is 220 g/mol. The van der Waals surface area contributed by atoms with Crippen LogP contribution < -0.4 is 11.1 Å². The van der Waals surface area contributed by atoms with Crippen LogP contribution in [0, 0.1) is 0 Å². The first-order valence-corrected chi connectivity index (χ1v) is 5.74. The molecule has 1 aromatic rings. The molecule has 0 fully saturated rings. The molecule has 17 heavy (non-hydrogen) atoms. The van der Waals surface area contributed by atoms with Gasteiger partial charge < -0.3 is 20.9 Å². The van der Waals surface area contributed by atoms with E-state index < -0.39 is 0 Å². The molecule has 0 aliphatic heterocycles. The maximum Gasteiger partial charge on any atom is 0.158 e. The molecule has 0 aliphatic rings. The zero-order valence-corrected chi connectivity index (χ0v) is 10.3. The molecule has 6 heteroatoms. The van der Waals surface area contributed by atoms with Gasteiger partial charge in [-0.2, -0.15) is 0 Å². The van der Waals surface area contributed by atoms with Crippen LogP contribution in [-0.4, -0.2) is 34.3 Å². The molecule has 0 saturated carbocycles. The highest BCUT2D eigenvalue weighted by molar-refractivity contribution is 5.45. The highest BCUT2D eigenvalue weighted by Crippen LogP contribution is 2.11. The highest BCUT2D eigenvalue weighted by atomic mass is 16.5. The van der Waals surface area contributed by atoms with Crippen molar-refractivity contribution in [3.63, 3.8) is 0 Å². The van der Waals surface area contributed by atoms with Gasteiger partial charge in [-0.05, 0) is 20.3 Å². The van der Waals surface area contributed by atoms with Crippen molar-refractivity contribution in [2.24, 2.45) is 0 Å². The number of nitrogens with one attached hydrogen (secondary N) is 1. The van der Waals surface area contributed by atoms with Crippen molar-refractivity contribution in [2.45, 2.75) is 32.9 Å². The Balaban J connectivity index is 2.67. The quantitative estimate of drug-likeness (QED) is 0.652. The van der Waals surface area contributed by atoms with Crippen molar-refractivity contribution < 1.29 is 9.84 Å². The summed E-state index contributed by atoms with van der Waals surface area (Å²) in [7, 11) is 0. The Morgan fingerprint density at radius 1 is 1.53 bits per heavy atom. The fourth-order valence-corrected chi connectivity index (χ4v) is 1.37. The number of ether oxygens (including phenoxy) is 1. The van der Waals surface area contributed by atoms with Crippen molar-refractivity contribution in [1.82, 2.24) is 9.97 Å². The molecule has 6 nitrogen and oxygen atoms in total. The van der Waals surface area contributed by atoms with E-state index in [4.69, 9.17) is 15.6 Å². The fraction of sp³-hybridized carbons (Fsp3) is 0.636. The Morgan fingerprint density at radius 2 is 2.29 bits per heavy atom. The lowest BCUT2D eigenvalue weighted by atomic mass is 10.2. The second-order valence-corrected chi connectivity index (χ2v) is 3.79. The zero-order chi connectivity index (χ0) is 12.7. The average molecular weight is 240 g/mol. The second-order valence-electron chi connectivity index (χ2n) is 3.79. The summed E-state index contributed by atoms with van der Waals surface area (Å²) < 4.78 is 5.23. The van der Waals surface area contributed by atoms with Gasteiger partial charge in [-0.3, -0.25) is 0 Å². The summed E-state index contributed by atoms with van der Waals surface area (Å²) in [5.41, 5.74) is 5.68. The van der Waals surface area contributed by atoms with Gasteiger partial charge in [0.1, 0.15) is 18.2 Å². The Bertz CT molecular complexity index is 346. The number of nitrogen functional groups attached to an aromatic ring is 1. The zero-order valence-electron chi connectivity index (χ0n) is 10.3. The highest BCUT2D eigenvalue weighted by Gasteiger charge is 2.06. The van der Waals surface area contributed by atoms with Crippen LogP contribution in [0.25, 0.3) is 0 Å². The molecule has 1 heterocycles. The maximum atomic E-state index is 8.82. The minimum atomic E-state index is 0.134. The van der Waals surface area contributed by atoms with Gasteiger partial charge in [0.15, 0.2) is 5.82 Å². The number of aliphatic hydroxyl groups excluding tert-OH is 1. The van der Waals surface area contributed by atoms with Gasteiger partial charge in [-0.1, -0.05) is 0 Å². The van der Waals surface area contributed by atoms with Crippen LogP contribution in [-0.2, 0) is 11.3 Å². The van der Waals surface area contributed by atoms with Crippen LogP contribution in [0.4, 0.5) is 11.6 Å².